The lowest BCUT2D eigenvalue weighted by Gasteiger charge is -2.39. The van der Waals surface area contributed by atoms with E-state index in [4.69, 9.17) is 0 Å². The molecule has 0 spiro atoms. The maximum Gasteiger partial charge on any atom is 0.246 e. The standard InChI is InChI=1S/C13H18N2O2S/c1-7-5-6-11(18-7)9(3)15-10(4)12(16)14-8(2)13(15)17/h5-6,8-10H,1-4H3,(H,14,16). The average molecular weight is 266 g/mol. The van der Waals surface area contributed by atoms with Crippen molar-refractivity contribution in [2.75, 3.05) is 0 Å². The molecule has 3 unspecified atom stereocenters. The molecule has 3 atom stereocenters. The van der Waals surface area contributed by atoms with Crippen LogP contribution in [-0.2, 0) is 9.59 Å². The van der Waals surface area contributed by atoms with Crippen molar-refractivity contribution in [3.05, 3.63) is 21.9 Å². The first-order valence-electron chi connectivity index (χ1n) is 6.10. The van der Waals surface area contributed by atoms with Gasteiger partial charge in [-0.1, -0.05) is 0 Å². The van der Waals surface area contributed by atoms with Crippen LogP contribution in [0.1, 0.15) is 36.6 Å². The zero-order valence-corrected chi connectivity index (χ0v) is 11.9. The van der Waals surface area contributed by atoms with Gasteiger partial charge in [-0.05, 0) is 39.8 Å². The van der Waals surface area contributed by atoms with E-state index in [0.29, 0.717) is 0 Å². The number of amides is 2. The lowest BCUT2D eigenvalue weighted by atomic mass is 10.1. The minimum Gasteiger partial charge on any atom is -0.343 e. The highest BCUT2D eigenvalue weighted by atomic mass is 32.1. The largest absolute Gasteiger partial charge is 0.343 e. The van der Waals surface area contributed by atoms with Gasteiger partial charge in [0, 0.05) is 9.75 Å². The summed E-state index contributed by atoms with van der Waals surface area (Å²) in [7, 11) is 0. The molecular weight excluding hydrogens is 248 g/mol. The smallest absolute Gasteiger partial charge is 0.246 e. The fourth-order valence-electron chi connectivity index (χ4n) is 2.28. The third-order valence-electron chi connectivity index (χ3n) is 3.37. The summed E-state index contributed by atoms with van der Waals surface area (Å²) < 4.78 is 0. The molecule has 0 aliphatic carbocycles. The van der Waals surface area contributed by atoms with Crippen LogP contribution in [0.3, 0.4) is 0 Å². The predicted octanol–water partition coefficient (Wildman–Crippen LogP) is 1.85. The van der Waals surface area contributed by atoms with Gasteiger partial charge in [0.1, 0.15) is 12.1 Å². The number of carbonyl (C=O) groups excluding carboxylic acids is 2. The summed E-state index contributed by atoms with van der Waals surface area (Å²) in [6.45, 7) is 7.52. The summed E-state index contributed by atoms with van der Waals surface area (Å²) in [6, 6.07) is 3.17. The summed E-state index contributed by atoms with van der Waals surface area (Å²) in [4.78, 5) is 28.0. The van der Waals surface area contributed by atoms with Crippen LogP contribution in [0.5, 0.6) is 0 Å². The zero-order valence-electron chi connectivity index (χ0n) is 11.1. The Bertz CT molecular complexity index is 483. The van der Waals surface area contributed by atoms with Crippen LogP contribution in [0.4, 0.5) is 0 Å². The van der Waals surface area contributed by atoms with Gasteiger partial charge >= 0.3 is 0 Å². The SMILES string of the molecule is Cc1ccc(C(C)N2C(=O)C(C)NC(=O)C2C)s1. The van der Waals surface area contributed by atoms with Crippen molar-refractivity contribution in [3.63, 3.8) is 0 Å². The fraction of sp³-hybridized carbons (Fsp3) is 0.538. The lowest BCUT2D eigenvalue weighted by Crippen LogP contribution is -2.61. The molecule has 1 N–H and O–H groups in total. The summed E-state index contributed by atoms with van der Waals surface area (Å²) >= 11 is 1.67. The van der Waals surface area contributed by atoms with Crippen molar-refractivity contribution in [1.82, 2.24) is 10.2 Å². The molecule has 2 amide bonds. The number of aryl methyl sites for hydroxylation is 1. The molecule has 2 rings (SSSR count). The van der Waals surface area contributed by atoms with Crippen LogP contribution in [0.25, 0.3) is 0 Å². The third-order valence-corrected chi connectivity index (χ3v) is 4.54. The van der Waals surface area contributed by atoms with Crippen LogP contribution < -0.4 is 5.32 Å². The number of piperazine rings is 1. The number of hydrogen-bond acceptors (Lipinski definition) is 3. The Kier molecular flexibility index (Phi) is 3.43. The van der Waals surface area contributed by atoms with E-state index >= 15 is 0 Å². The van der Waals surface area contributed by atoms with Crippen LogP contribution >= 0.6 is 11.3 Å². The normalized spacial score (nSPS) is 26.1. The van der Waals surface area contributed by atoms with E-state index in [1.807, 2.05) is 26.0 Å². The molecule has 0 saturated carbocycles. The minimum absolute atomic E-state index is 0.0133. The van der Waals surface area contributed by atoms with Gasteiger partial charge in [0.25, 0.3) is 0 Å². The topological polar surface area (TPSA) is 49.4 Å². The monoisotopic (exact) mass is 266 g/mol. The Labute approximate surface area is 111 Å². The molecular formula is C13H18N2O2S. The van der Waals surface area contributed by atoms with Crippen molar-refractivity contribution in [2.24, 2.45) is 0 Å². The molecule has 98 valence electrons. The number of thiophene rings is 1. The fourth-order valence-corrected chi connectivity index (χ4v) is 3.21. The van der Waals surface area contributed by atoms with Crippen molar-refractivity contribution in [1.29, 1.82) is 0 Å². The molecule has 4 nitrogen and oxygen atoms in total. The minimum atomic E-state index is -0.433. The van der Waals surface area contributed by atoms with Crippen LogP contribution in [0.15, 0.2) is 12.1 Å². The number of nitrogens with zero attached hydrogens (tertiary/aromatic N) is 1. The van der Waals surface area contributed by atoms with Crippen molar-refractivity contribution in [3.8, 4) is 0 Å². The number of rotatable bonds is 2. The molecule has 1 saturated heterocycles. The maximum absolute atomic E-state index is 12.2. The number of hydrogen-bond donors (Lipinski definition) is 1. The Hall–Kier alpha value is -1.36. The predicted molar refractivity (Wildman–Crippen MR) is 71.4 cm³/mol. The van der Waals surface area contributed by atoms with Crippen molar-refractivity contribution in [2.45, 2.75) is 45.8 Å². The van der Waals surface area contributed by atoms with Gasteiger partial charge in [-0.25, -0.2) is 0 Å². The van der Waals surface area contributed by atoms with E-state index in [9.17, 15) is 9.59 Å². The Balaban J connectivity index is 2.29. The molecule has 18 heavy (non-hydrogen) atoms. The molecule has 0 bridgehead atoms. The highest BCUT2D eigenvalue weighted by molar-refractivity contribution is 7.12. The van der Waals surface area contributed by atoms with Gasteiger partial charge in [0.15, 0.2) is 0 Å². The summed E-state index contributed by atoms with van der Waals surface area (Å²) in [6.07, 6.45) is 0. The molecule has 0 radical (unpaired) electrons. The van der Waals surface area contributed by atoms with Crippen molar-refractivity contribution < 1.29 is 9.59 Å². The Morgan fingerprint density at radius 1 is 1.33 bits per heavy atom. The Morgan fingerprint density at radius 3 is 2.56 bits per heavy atom. The molecule has 1 aromatic heterocycles. The van der Waals surface area contributed by atoms with Crippen LogP contribution in [-0.4, -0.2) is 28.8 Å². The van der Waals surface area contributed by atoms with E-state index in [2.05, 4.69) is 5.32 Å². The Morgan fingerprint density at radius 2 is 2.00 bits per heavy atom. The first-order valence-corrected chi connectivity index (χ1v) is 6.92. The zero-order chi connectivity index (χ0) is 13.4. The van der Waals surface area contributed by atoms with Crippen LogP contribution in [0.2, 0.25) is 0 Å². The molecule has 1 aliphatic heterocycles. The quantitative estimate of drug-likeness (QED) is 0.888. The van der Waals surface area contributed by atoms with E-state index < -0.39 is 12.1 Å². The average Bonchev–Trinajstić information content (AvgIpc) is 2.73. The summed E-state index contributed by atoms with van der Waals surface area (Å²) in [5, 5.41) is 2.69. The molecule has 5 heteroatoms. The lowest BCUT2D eigenvalue weighted by molar-refractivity contribution is -0.150. The van der Waals surface area contributed by atoms with Crippen LogP contribution in [0, 0.1) is 6.92 Å². The van der Waals surface area contributed by atoms with Gasteiger partial charge in [-0.3, -0.25) is 9.59 Å². The summed E-state index contributed by atoms with van der Waals surface area (Å²) in [5.74, 6) is -0.0946. The third kappa shape index (κ3) is 2.14. The second kappa shape index (κ2) is 4.72. The van der Waals surface area contributed by atoms with Gasteiger partial charge in [0.2, 0.25) is 11.8 Å². The second-order valence-corrected chi connectivity index (χ2v) is 6.10. The molecule has 0 aromatic carbocycles. The van der Waals surface area contributed by atoms with Crippen molar-refractivity contribution >= 4 is 23.2 Å². The first kappa shape index (κ1) is 13.1. The highest BCUT2D eigenvalue weighted by Crippen LogP contribution is 2.30. The van der Waals surface area contributed by atoms with Gasteiger partial charge in [0.05, 0.1) is 6.04 Å². The van der Waals surface area contributed by atoms with Gasteiger partial charge < -0.3 is 10.2 Å². The molecule has 1 fully saturated rings. The van der Waals surface area contributed by atoms with E-state index in [0.717, 1.165) is 4.88 Å². The molecule has 1 aliphatic rings. The number of carbonyl (C=O) groups is 2. The van der Waals surface area contributed by atoms with E-state index in [1.165, 1.54) is 4.88 Å². The van der Waals surface area contributed by atoms with E-state index in [-0.39, 0.29) is 17.9 Å². The second-order valence-electron chi connectivity index (χ2n) is 4.78. The van der Waals surface area contributed by atoms with Gasteiger partial charge in [-0.15, -0.1) is 11.3 Å². The van der Waals surface area contributed by atoms with Gasteiger partial charge in [-0.2, -0.15) is 0 Å². The van der Waals surface area contributed by atoms with E-state index in [1.54, 1.807) is 30.1 Å². The number of nitrogens with one attached hydrogen (secondary N) is 1. The first-order chi connectivity index (χ1) is 8.41. The maximum atomic E-state index is 12.2. The highest BCUT2D eigenvalue weighted by Gasteiger charge is 2.38. The molecule has 2 heterocycles. The summed E-state index contributed by atoms with van der Waals surface area (Å²) in [5.41, 5.74) is 0. The molecule has 1 aromatic rings.